The summed E-state index contributed by atoms with van der Waals surface area (Å²) in [5, 5.41) is 11.6. The van der Waals surface area contributed by atoms with Gasteiger partial charge in [-0.05, 0) is 55.6 Å². The van der Waals surface area contributed by atoms with E-state index in [0.717, 1.165) is 74.8 Å². The van der Waals surface area contributed by atoms with E-state index >= 15 is 0 Å². The first-order valence-electron chi connectivity index (χ1n) is 12.4. The van der Waals surface area contributed by atoms with E-state index < -0.39 is 0 Å². The standard InChI is InChI=1S/C27H32N8/c1-32-15-17-34(18-16-32)23-7-5-22(6-8-23)30-27-29-20-25-9-10-26(35(25)31-27)21-3-2-4-24(19-21)33-13-11-28-12-14-33/h2-10,19-20,28H,11-18H2,1H3,(H,30,31). The summed E-state index contributed by atoms with van der Waals surface area (Å²) in [4.78, 5) is 11.8. The lowest BCUT2D eigenvalue weighted by Crippen LogP contribution is -2.44. The Hall–Kier alpha value is -3.62. The fraction of sp³-hybridized carbons (Fsp3) is 0.333. The summed E-state index contributed by atoms with van der Waals surface area (Å²) in [6.45, 7) is 8.44. The molecule has 8 nitrogen and oxygen atoms in total. The van der Waals surface area contributed by atoms with Crippen molar-refractivity contribution < 1.29 is 0 Å². The Morgan fingerprint density at radius 1 is 0.800 bits per heavy atom. The van der Waals surface area contributed by atoms with Gasteiger partial charge in [-0.3, -0.25) is 0 Å². The second kappa shape index (κ2) is 9.56. The molecule has 8 heteroatoms. The van der Waals surface area contributed by atoms with Crippen molar-refractivity contribution in [1.29, 1.82) is 0 Å². The summed E-state index contributed by atoms with van der Waals surface area (Å²) < 4.78 is 1.98. The van der Waals surface area contributed by atoms with Crippen molar-refractivity contribution in [2.75, 3.05) is 74.5 Å². The van der Waals surface area contributed by atoms with Gasteiger partial charge in [-0.25, -0.2) is 9.50 Å². The van der Waals surface area contributed by atoms with Crippen molar-refractivity contribution in [2.45, 2.75) is 0 Å². The molecule has 0 atom stereocenters. The van der Waals surface area contributed by atoms with Crippen LogP contribution in [0.2, 0.25) is 0 Å². The molecule has 0 unspecified atom stereocenters. The highest BCUT2D eigenvalue weighted by Crippen LogP contribution is 2.27. The smallest absolute Gasteiger partial charge is 0.245 e. The fourth-order valence-corrected chi connectivity index (χ4v) is 4.91. The van der Waals surface area contributed by atoms with Crippen LogP contribution in [0, 0.1) is 0 Å². The van der Waals surface area contributed by atoms with Crippen molar-refractivity contribution in [3.05, 3.63) is 66.9 Å². The summed E-state index contributed by atoms with van der Waals surface area (Å²) in [5.74, 6) is 0.584. The predicted molar refractivity (Wildman–Crippen MR) is 143 cm³/mol. The van der Waals surface area contributed by atoms with E-state index in [2.05, 4.69) is 98.0 Å². The number of nitrogens with zero attached hydrogens (tertiary/aromatic N) is 6. The maximum atomic E-state index is 4.82. The van der Waals surface area contributed by atoms with Gasteiger partial charge in [-0.1, -0.05) is 12.1 Å². The third kappa shape index (κ3) is 4.67. The topological polar surface area (TPSA) is 64.0 Å². The van der Waals surface area contributed by atoms with Gasteiger partial charge in [0.05, 0.1) is 17.4 Å². The Morgan fingerprint density at radius 2 is 1.57 bits per heavy atom. The molecule has 0 bridgehead atoms. The molecule has 0 spiro atoms. The van der Waals surface area contributed by atoms with Crippen LogP contribution in [-0.4, -0.2) is 78.9 Å². The highest BCUT2D eigenvalue weighted by Gasteiger charge is 2.15. The van der Waals surface area contributed by atoms with E-state index in [0.29, 0.717) is 5.95 Å². The summed E-state index contributed by atoms with van der Waals surface area (Å²) in [6.07, 6.45) is 1.87. The Morgan fingerprint density at radius 3 is 2.37 bits per heavy atom. The van der Waals surface area contributed by atoms with Crippen LogP contribution < -0.4 is 20.4 Å². The van der Waals surface area contributed by atoms with Gasteiger partial charge in [-0.15, -0.1) is 5.10 Å². The maximum absolute atomic E-state index is 4.82. The van der Waals surface area contributed by atoms with Crippen LogP contribution in [-0.2, 0) is 0 Å². The van der Waals surface area contributed by atoms with Crippen LogP contribution in [0.15, 0.2) is 66.9 Å². The molecule has 0 aliphatic carbocycles. The first kappa shape index (κ1) is 21.9. The van der Waals surface area contributed by atoms with Gasteiger partial charge in [0.25, 0.3) is 0 Å². The Balaban J connectivity index is 1.22. The third-order valence-electron chi connectivity index (χ3n) is 7.01. The lowest BCUT2D eigenvalue weighted by atomic mass is 10.1. The molecule has 2 fully saturated rings. The Kier molecular flexibility index (Phi) is 5.98. The van der Waals surface area contributed by atoms with Crippen LogP contribution in [0.5, 0.6) is 0 Å². The minimum Gasteiger partial charge on any atom is -0.369 e. The number of benzene rings is 2. The zero-order valence-corrected chi connectivity index (χ0v) is 20.2. The van der Waals surface area contributed by atoms with E-state index in [1.807, 2.05) is 10.7 Å². The fourth-order valence-electron chi connectivity index (χ4n) is 4.91. The number of piperazine rings is 2. The molecule has 2 aromatic heterocycles. The molecule has 0 saturated carbocycles. The minimum atomic E-state index is 0.584. The molecule has 2 saturated heterocycles. The van der Waals surface area contributed by atoms with Crippen LogP contribution in [0.4, 0.5) is 23.0 Å². The zero-order chi connectivity index (χ0) is 23.6. The van der Waals surface area contributed by atoms with Crippen LogP contribution >= 0.6 is 0 Å². The predicted octanol–water partition coefficient (Wildman–Crippen LogP) is 3.30. The Bertz CT molecular complexity index is 1280. The minimum absolute atomic E-state index is 0.584. The Labute approximate surface area is 206 Å². The largest absolute Gasteiger partial charge is 0.369 e. The molecule has 2 N–H and O–H groups in total. The van der Waals surface area contributed by atoms with Crippen molar-refractivity contribution >= 4 is 28.5 Å². The normalized spacial score (nSPS) is 17.2. The molecule has 35 heavy (non-hydrogen) atoms. The molecule has 0 amide bonds. The van der Waals surface area contributed by atoms with Gasteiger partial charge in [0.15, 0.2) is 0 Å². The maximum Gasteiger partial charge on any atom is 0.245 e. The molecule has 4 aromatic rings. The first-order valence-corrected chi connectivity index (χ1v) is 12.4. The average Bonchev–Trinajstić information content (AvgIpc) is 3.34. The van der Waals surface area contributed by atoms with E-state index in [1.54, 1.807) is 0 Å². The van der Waals surface area contributed by atoms with Gasteiger partial charge in [0.1, 0.15) is 0 Å². The average molecular weight is 469 g/mol. The third-order valence-corrected chi connectivity index (χ3v) is 7.01. The molecule has 4 heterocycles. The van der Waals surface area contributed by atoms with Crippen LogP contribution in [0.25, 0.3) is 16.8 Å². The quantitative estimate of drug-likeness (QED) is 0.466. The summed E-state index contributed by atoms with van der Waals surface area (Å²) in [6, 6.07) is 21.5. The number of aromatic nitrogens is 3. The van der Waals surface area contributed by atoms with E-state index in [-0.39, 0.29) is 0 Å². The van der Waals surface area contributed by atoms with Crippen molar-refractivity contribution in [1.82, 2.24) is 24.8 Å². The van der Waals surface area contributed by atoms with Gasteiger partial charge < -0.3 is 25.3 Å². The molecular formula is C27H32N8. The van der Waals surface area contributed by atoms with Crippen LogP contribution in [0.3, 0.4) is 0 Å². The molecule has 2 aliphatic rings. The zero-order valence-electron chi connectivity index (χ0n) is 20.2. The first-order chi connectivity index (χ1) is 17.2. The van der Waals surface area contributed by atoms with Gasteiger partial charge in [-0.2, -0.15) is 0 Å². The highest BCUT2D eigenvalue weighted by atomic mass is 15.3. The molecular weight excluding hydrogens is 436 g/mol. The molecule has 2 aromatic carbocycles. The SMILES string of the molecule is CN1CCN(c2ccc(Nc3ncc4ccc(-c5cccc(N6CCNCC6)c5)n4n3)cc2)CC1. The lowest BCUT2D eigenvalue weighted by molar-refractivity contribution is 0.313. The molecule has 180 valence electrons. The van der Waals surface area contributed by atoms with Gasteiger partial charge in [0, 0.05) is 75.0 Å². The number of nitrogens with one attached hydrogen (secondary N) is 2. The van der Waals surface area contributed by atoms with Crippen molar-refractivity contribution in [3.8, 4) is 11.3 Å². The number of likely N-dealkylation sites (N-methyl/N-ethyl adjacent to an activating group) is 1. The van der Waals surface area contributed by atoms with E-state index in [4.69, 9.17) is 5.10 Å². The number of hydrogen-bond donors (Lipinski definition) is 2. The molecule has 0 radical (unpaired) electrons. The second-order valence-corrected chi connectivity index (χ2v) is 9.39. The number of hydrogen-bond acceptors (Lipinski definition) is 7. The van der Waals surface area contributed by atoms with Crippen molar-refractivity contribution in [3.63, 3.8) is 0 Å². The van der Waals surface area contributed by atoms with Gasteiger partial charge in [0.2, 0.25) is 5.95 Å². The highest BCUT2D eigenvalue weighted by molar-refractivity contribution is 5.70. The monoisotopic (exact) mass is 468 g/mol. The summed E-state index contributed by atoms with van der Waals surface area (Å²) in [5.41, 5.74) is 6.69. The number of fused-ring (bicyclic) bond motifs is 1. The lowest BCUT2D eigenvalue weighted by Gasteiger charge is -2.34. The number of anilines is 4. The summed E-state index contributed by atoms with van der Waals surface area (Å²) >= 11 is 0. The summed E-state index contributed by atoms with van der Waals surface area (Å²) in [7, 11) is 2.18. The van der Waals surface area contributed by atoms with E-state index in [9.17, 15) is 0 Å². The van der Waals surface area contributed by atoms with Gasteiger partial charge >= 0.3 is 0 Å². The molecule has 2 aliphatic heterocycles. The van der Waals surface area contributed by atoms with Crippen LogP contribution in [0.1, 0.15) is 0 Å². The van der Waals surface area contributed by atoms with Crippen molar-refractivity contribution in [2.24, 2.45) is 0 Å². The van der Waals surface area contributed by atoms with E-state index in [1.165, 1.54) is 11.4 Å². The second-order valence-electron chi connectivity index (χ2n) is 9.39. The molecule has 6 rings (SSSR count). The number of rotatable bonds is 5.